The first-order valence-electron chi connectivity index (χ1n) is 6.63. The highest BCUT2D eigenvalue weighted by molar-refractivity contribution is 9.10. The third kappa shape index (κ3) is 2.20. The predicted octanol–water partition coefficient (Wildman–Crippen LogP) is 3.63. The molecule has 0 bridgehead atoms. The van der Waals surface area contributed by atoms with Crippen LogP contribution >= 0.6 is 15.9 Å². The van der Waals surface area contributed by atoms with Gasteiger partial charge in [0.15, 0.2) is 0 Å². The van der Waals surface area contributed by atoms with E-state index in [-0.39, 0.29) is 5.69 Å². The van der Waals surface area contributed by atoms with Crippen LogP contribution in [0.1, 0.15) is 12.5 Å². The van der Waals surface area contributed by atoms with Gasteiger partial charge in [0.2, 0.25) is 0 Å². The summed E-state index contributed by atoms with van der Waals surface area (Å²) < 4.78 is 4.68. The van der Waals surface area contributed by atoms with E-state index in [4.69, 9.17) is 0 Å². The maximum absolute atomic E-state index is 12.5. The molecule has 0 aliphatic rings. The highest BCUT2D eigenvalue weighted by atomic mass is 79.9. The minimum atomic E-state index is 0.0497. The summed E-state index contributed by atoms with van der Waals surface area (Å²) in [5.41, 5.74) is 3.14. The Kier molecular flexibility index (Phi) is 3.49. The molecule has 0 unspecified atom stereocenters. The van der Waals surface area contributed by atoms with E-state index < -0.39 is 0 Å². The van der Waals surface area contributed by atoms with Gasteiger partial charge in [0.05, 0.1) is 17.6 Å². The molecule has 0 fully saturated rings. The molecule has 102 valence electrons. The van der Waals surface area contributed by atoms with Crippen molar-refractivity contribution in [2.45, 2.75) is 20.0 Å². The van der Waals surface area contributed by atoms with E-state index in [1.165, 1.54) is 0 Å². The third-order valence-electron chi connectivity index (χ3n) is 3.47. The van der Waals surface area contributed by atoms with Crippen molar-refractivity contribution in [2.24, 2.45) is 0 Å². The molecule has 0 aliphatic heterocycles. The molecular formula is C16H15BrN2O. The zero-order valence-corrected chi connectivity index (χ0v) is 12.8. The number of fused-ring (bicyclic) bond motifs is 1. The van der Waals surface area contributed by atoms with Crippen LogP contribution in [-0.4, -0.2) is 9.13 Å². The van der Waals surface area contributed by atoms with Crippen LogP contribution in [0.25, 0.3) is 11.0 Å². The highest BCUT2D eigenvalue weighted by Gasteiger charge is 2.11. The van der Waals surface area contributed by atoms with E-state index in [0.717, 1.165) is 21.1 Å². The summed E-state index contributed by atoms with van der Waals surface area (Å²) in [5, 5.41) is 0. The first-order valence-corrected chi connectivity index (χ1v) is 7.42. The normalized spacial score (nSPS) is 11.1. The standard InChI is InChI=1S/C16H15BrN2O/c1-2-18-14-8-3-4-9-15(14)19(16(18)20)11-12-6-5-7-13(17)10-12/h3-10H,2,11H2,1H3. The molecule has 0 N–H and O–H groups in total. The fourth-order valence-electron chi connectivity index (χ4n) is 2.55. The molecule has 3 aromatic rings. The maximum Gasteiger partial charge on any atom is 0.329 e. The third-order valence-corrected chi connectivity index (χ3v) is 3.96. The number of aromatic nitrogens is 2. The maximum atomic E-state index is 12.5. The fourth-order valence-corrected chi connectivity index (χ4v) is 3.00. The van der Waals surface area contributed by atoms with Gasteiger partial charge < -0.3 is 0 Å². The van der Waals surface area contributed by atoms with Crippen LogP contribution in [0.4, 0.5) is 0 Å². The summed E-state index contributed by atoms with van der Waals surface area (Å²) in [6, 6.07) is 16.0. The Balaban J connectivity index is 2.16. The Morgan fingerprint density at radius 2 is 1.70 bits per heavy atom. The van der Waals surface area contributed by atoms with E-state index in [1.807, 2.05) is 64.6 Å². The molecule has 0 radical (unpaired) electrons. The van der Waals surface area contributed by atoms with Crippen LogP contribution in [-0.2, 0) is 13.1 Å². The summed E-state index contributed by atoms with van der Waals surface area (Å²) >= 11 is 3.47. The Morgan fingerprint density at radius 1 is 1.00 bits per heavy atom. The van der Waals surface area contributed by atoms with E-state index in [2.05, 4.69) is 15.9 Å². The highest BCUT2D eigenvalue weighted by Crippen LogP contribution is 2.16. The van der Waals surface area contributed by atoms with Gasteiger partial charge in [-0.1, -0.05) is 40.2 Å². The number of imidazole rings is 1. The van der Waals surface area contributed by atoms with Crippen molar-refractivity contribution in [2.75, 3.05) is 0 Å². The van der Waals surface area contributed by atoms with Gasteiger partial charge in [0, 0.05) is 11.0 Å². The second-order valence-electron chi connectivity index (χ2n) is 4.73. The number of aryl methyl sites for hydroxylation is 1. The zero-order valence-electron chi connectivity index (χ0n) is 11.2. The second kappa shape index (κ2) is 5.29. The second-order valence-corrected chi connectivity index (χ2v) is 5.65. The molecule has 20 heavy (non-hydrogen) atoms. The first-order chi connectivity index (χ1) is 9.70. The minimum Gasteiger partial charge on any atom is -0.292 e. The van der Waals surface area contributed by atoms with Gasteiger partial charge in [-0.25, -0.2) is 4.79 Å². The summed E-state index contributed by atoms with van der Waals surface area (Å²) in [5.74, 6) is 0. The quantitative estimate of drug-likeness (QED) is 0.720. The summed E-state index contributed by atoms with van der Waals surface area (Å²) in [6.45, 7) is 3.27. The lowest BCUT2D eigenvalue weighted by atomic mass is 10.2. The number of benzene rings is 2. The number of rotatable bonds is 3. The van der Waals surface area contributed by atoms with Crippen molar-refractivity contribution in [3.63, 3.8) is 0 Å². The number of halogens is 1. The van der Waals surface area contributed by atoms with Crippen LogP contribution in [0.3, 0.4) is 0 Å². The van der Waals surface area contributed by atoms with Crippen LogP contribution in [0.2, 0.25) is 0 Å². The molecule has 2 aromatic carbocycles. The monoisotopic (exact) mass is 330 g/mol. The Labute approximate surface area is 125 Å². The molecule has 0 saturated carbocycles. The summed E-state index contributed by atoms with van der Waals surface area (Å²) in [7, 11) is 0. The van der Waals surface area contributed by atoms with Crippen LogP contribution < -0.4 is 5.69 Å². The SMILES string of the molecule is CCn1c(=O)n(Cc2cccc(Br)c2)c2ccccc21. The van der Waals surface area contributed by atoms with E-state index in [1.54, 1.807) is 0 Å². The molecule has 0 atom stereocenters. The Bertz CT molecular complexity index is 817. The zero-order chi connectivity index (χ0) is 14.1. The lowest BCUT2D eigenvalue weighted by molar-refractivity contribution is 0.684. The van der Waals surface area contributed by atoms with Crippen LogP contribution in [0.5, 0.6) is 0 Å². The first kappa shape index (κ1) is 13.2. The lowest BCUT2D eigenvalue weighted by Gasteiger charge is -2.04. The van der Waals surface area contributed by atoms with Crippen molar-refractivity contribution in [3.05, 3.63) is 69.1 Å². The van der Waals surface area contributed by atoms with Crippen molar-refractivity contribution >= 4 is 27.0 Å². The molecule has 0 amide bonds. The average Bonchev–Trinajstić information content (AvgIpc) is 2.72. The molecule has 1 aromatic heterocycles. The van der Waals surface area contributed by atoms with Gasteiger partial charge in [0.25, 0.3) is 0 Å². The number of nitrogens with zero attached hydrogens (tertiary/aromatic N) is 2. The molecule has 3 nitrogen and oxygen atoms in total. The van der Waals surface area contributed by atoms with E-state index in [9.17, 15) is 4.79 Å². The molecular weight excluding hydrogens is 316 g/mol. The minimum absolute atomic E-state index is 0.0497. The summed E-state index contributed by atoms with van der Waals surface area (Å²) in [6.07, 6.45) is 0. The molecule has 4 heteroatoms. The molecule has 3 rings (SSSR count). The Hall–Kier alpha value is -1.81. The summed E-state index contributed by atoms with van der Waals surface area (Å²) in [4.78, 5) is 12.5. The number of hydrogen-bond donors (Lipinski definition) is 0. The Morgan fingerprint density at radius 3 is 2.35 bits per heavy atom. The van der Waals surface area contributed by atoms with E-state index in [0.29, 0.717) is 13.1 Å². The van der Waals surface area contributed by atoms with Crippen molar-refractivity contribution < 1.29 is 0 Å². The van der Waals surface area contributed by atoms with Crippen LogP contribution in [0.15, 0.2) is 57.8 Å². The van der Waals surface area contributed by atoms with Crippen molar-refractivity contribution in [3.8, 4) is 0 Å². The van der Waals surface area contributed by atoms with Crippen LogP contribution in [0, 0.1) is 0 Å². The molecule has 1 heterocycles. The topological polar surface area (TPSA) is 26.9 Å². The average molecular weight is 331 g/mol. The van der Waals surface area contributed by atoms with E-state index >= 15 is 0 Å². The smallest absolute Gasteiger partial charge is 0.292 e. The number of para-hydroxylation sites is 2. The van der Waals surface area contributed by atoms with Crippen molar-refractivity contribution in [1.29, 1.82) is 0 Å². The molecule has 0 aliphatic carbocycles. The van der Waals surface area contributed by atoms with Crippen molar-refractivity contribution in [1.82, 2.24) is 9.13 Å². The van der Waals surface area contributed by atoms with Gasteiger partial charge in [-0.15, -0.1) is 0 Å². The molecule has 0 saturated heterocycles. The predicted molar refractivity (Wildman–Crippen MR) is 85.1 cm³/mol. The van der Waals surface area contributed by atoms with Gasteiger partial charge in [0.1, 0.15) is 0 Å². The van der Waals surface area contributed by atoms with Gasteiger partial charge in [-0.05, 0) is 36.8 Å². The fraction of sp³-hybridized carbons (Fsp3) is 0.188. The molecule has 0 spiro atoms. The van der Waals surface area contributed by atoms with Gasteiger partial charge in [-0.2, -0.15) is 0 Å². The lowest BCUT2D eigenvalue weighted by Crippen LogP contribution is -2.24. The van der Waals surface area contributed by atoms with Gasteiger partial charge >= 0.3 is 5.69 Å². The largest absolute Gasteiger partial charge is 0.329 e. The van der Waals surface area contributed by atoms with Gasteiger partial charge in [-0.3, -0.25) is 9.13 Å². The number of hydrogen-bond acceptors (Lipinski definition) is 1.